The van der Waals surface area contributed by atoms with Crippen LogP contribution in [0.4, 0.5) is 10.5 Å². The van der Waals surface area contributed by atoms with Gasteiger partial charge in [0, 0.05) is 43.4 Å². The average Bonchev–Trinajstić information content (AvgIpc) is 2.66. The zero-order valence-electron chi connectivity index (χ0n) is 13.8. The fourth-order valence-corrected chi connectivity index (χ4v) is 3.01. The Morgan fingerprint density at radius 2 is 1.84 bits per heavy atom. The van der Waals surface area contributed by atoms with Gasteiger partial charge in [-0.25, -0.2) is 4.79 Å². The van der Waals surface area contributed by atoms with E-state index >= 15 is 0 Å². The Hall–Kier alpha value is -2.71. The Balaban J connectivity index is 1.49. The minimum atomic E-state index is -0.0601. The smallest absolute Gasteiger partial charge is 0.317 e. The first-order chi connectivity index (χ1) is 12.2. The molecule has 1 saturated heterocycles. The van der Waals surface area contributed by atoms with Gasteiger partial charge in [0.25, 0.3) is 0 Å². The number of piperazine rings is 1. The monoisotopic (exact) mass is 354 g/mol. The molecular weight excluding hydrogens is 336 g/mol. The van der Waals surface area contributed by atoms with Crippen molar-refractivity contribution in [3.05, 3.63) is 64.7 Å². The standard InChI is InChI=1S/C19H19ClN4O/c20-17-2-1-3-18(12-17)23-8-10-24(11-9-23)19(25)22-14-16-6-4-15(13-21)5-7-16/h1-7,12H,8-11,14H2,(H,22,25). The van der Waals surface area contributed by atoms with Crippen molar-refractivity contribution in [2.45, 2.75) is 6.54 Å². The minimum absolute atomic E-state index is 0.0601. The number of carbonyl (C=O) groups excluding carboxylic acids is 1. The first-order valence-electron chi connectivity index (χ1n) is 8.18. The number of anilines is 1. The summed E-state index contributed by atoms with van der Waals surface area (Å²) in [6.45, 7) is 3.37. The van der Waals surface area contributed by atoms with E-state index in [9.17, 15) is 4.79 Å². The third-order valence-corrected chi connectivity index (χ3v) is 4.50. The van der Waals surface area contributed by atoms with E-state index in [2.05, 4.69) is 16.3 Å². The second kappa shape index (κ2) is 7.91. The van der Waals surface area contributed by atoms with Crippen molar-refractivity contribution in [3.8, 4) is 6.07 Å². The number of halogens is 1. The van der Waals surface area contributed by atoms with Crippen LogP contribution in [0.1, 0.15) is 11.1 Å². The molecule has 0 aromatic heterocycles. The Kier molecular flexibility index (Phi) is 5.42. The molecule has 0 saturated carbocycles. The van der Waals surface area contributed by atoms with E-state index < -0.39 is 0 Å². The van der Waals surface area contributed by atoms with Crippen LogP contribution >= 0.6 is 11.6 Å². The molecule has 0 unspecified atom stereocenters. The van der Waals surface area contributed by atoms with Gasteiger partial charge in [-0.05, 0) is 35.9 Å². The molecule has 1 N–H and O–H groups in total. The van der Waals surface area contributed by atoms with Gasteiger partial charge in [-0.15, -0.1) is 0 Å². The summed E-state index contributed by atoms with van der Waals surface area (Å²) in [5.74, 6) is 0. The van der Waals surface area contributed by atoms with Crippen LogP contribution in [0.25, 0.3) is 0 Å². The Morgan fingerprint density at radius 1 is 1.12 bits per heavy atom. The number of hydrogen-bond acceptors (Lipinski definition) is 3. The molecule has 6 heteroatoms. The molecule has 0 spiro atoms. The van der Waals surface area contributed by atoms with Gasteiger partial charge in [-0.2, -0.15) is 5.26 Å². The highest BCUT2D eigenvalue weighted by Crippen LogP contribution is 2.20. The van der Waals surface area contributed by atoms with Gasteiger partial charge in [-0.3, -0.25) is 0 Å². The lowest BCUT2D eigenvalue weighted by Gasteiger charge is -2.36. The maximum atomic E-state index is 12.3. The highest BCUT2D eigenvalue weighted by molar-refractivity contribution is 6.30. The van der Waals surface area contributed by atoms with Crippen molar-refractivity contribution in [3.63, 3.8) is 0 Å². The van der Waals surface area contributed by atoms with Crippen LogP contribution in [0, 0.1) is 11.3 Å². The zero-order chi connectivity index (χ0) is 17.6. The van der Waals surface area contributed by atoms with Crippen molar-refractivity contribution < 1.29 is 4.79 Å². The molecule has 2 amide bonds. The molecule has 0 radical (unpaired) electrons. The molecule has 2 aromatic carbocycles. The summed E-state index contributed by atoms with van der Waals surface area (Å²) < 4.78 is 0. The predicted molar refractivity (Wildman–Crippen MR) is 98.6 cm³/mol. The number of carbonyl (C=O) groups is 1. The van der Waals surface area contributed by atoms with E-state index in [1.165, 1.54) is 0 Å². The minimum Gasteiger partial charge on any atom is -0.368 e. The molecule has 1 aliphatic heterocycles. The highest BCUT2D eigenvalue weighted by atomic mass is 35.5. The maximum Gasteiger partial charge on any atom is 0.317 e. The predicted octanol–water partition coefficient (Wildman–Crippen LogP) is 3.24. The van der Waals surface area contributed by atoms with Crippen LogP contribution in [0.2, 0.25) is 5.02 Å². The summed E-state index contributed by atoms with van der Waals surface area (Å²) >= 11 is 6.04. The molecule has 3 rings (SSSR count). The van der Waals surface area contributed by atoms with Crippen LogP contribution < -0.4 is 10.2 Å². The summed E-state index contributed by atoms with van der Waals surface area (Å²) in [6.07, 6.45) is 0. The fraction of sp³-hybridized carbons (Fsp3) is 0.263. The third-order valence-electron chi connectivity index (χ3n) is 4.27. The Bertz CT molecular complexity index is 777. The summed E-state index contributed by atoms with van der Waals surface area (Å²) in [5, 5.41) is 12.5. The molecule has 5 nitrogen and oxygen atoms in total. The fourth-order valence-electron chi connectivity index (χ4n) is 2.83. The molecule has 2 aromatic rings. The molecule has 1 fully saturated rings. The maximum absolute atomic E-state index is 12.3. The molecule has 0 aliphatic carbocycles. The van der Waals surface area contributed by atoms with E-state index in [1.54, 1.807) is 12.1 Å². The van der Waals surface area contributed by atoms with Gasteiger partial charge in [0.2, 0.25) is 0 Å². The normalized spacial score (nSPS) is 14.1. The lowest BCUT2D eigenvalue weighted by molar-refractivity contribution is 0.194. The molecule has 0 bridgehead atoms. The number of benzene rings is 2. The zero-order valence-corrected chi connectivity index (χ0v) is 14.5. The van der Waals surface area contributed by atoms with Gasteiger partial charge < -0.3 is 15.1 Å². The van der Waals surface area contributed by atoms with Crippen LogP contribution in [0.3, 0.4) is 0 Å². The first-order valence-corrected chi connectivity index (χ1v) is 8.56. The Morgan fingerprint density at radius 3 is 2.48 bits per heavy atom. The lowest BCUT2D eigenvalue weighted by atomic mass is 10.1. The topological polar surface area (TPSA) is 59.4 Å². The SMILES string of the molecule is N#Cc1ccc(CNC(=O)N2CCN(c3cccc(Cl)c3)CC2)cc1. The number of nitrogens with one attached hydrogen (secondary N) is 1. The van der Waals surface area contributed by atoms with Crippen molar-refractivity contribution in [1.82, 2.24) is 10.2 Å². The number of nitrogens with zero attached hydrogens (tertiary/aromatic N) is 3. The van der Waals surface area contributed by atoms with Crippen molar-refractivity contribution in [2.75, 3.05) is 31.1 Å². The van der Waals surface area contributed by atoms with E-state index in [4.69, 9.17) is 16.9 Å². The van der Waals surface area contributed by atoms with E-state index in [0.29, 0.717) is 25.2 Å². The van der Waals surface area contributed by atoms with Crippen LogP contribution in [0.15, 0.2) is 48.5 Å². The van der Waals surface area contributed by atoms with Crippen molar-refractivity contribution in [2.24, 2.45) is 0 Å². The summed E-state index contributed by atoms with van der Waals surface area (Å²) in [4.78, 5) is 16.4. The molecule has 1 heterocycles. The van der Waals surface area contributed by atoms with Gasteiger partial charge in [0.1, 0.15) is 0 Å². The van der Waals surface area contributed by atoms with Crippen LogP contribution in [0.5, 0.6) is 0 Å². The number of nitriles is 1. The van der Waals surface area contributed by atoms with Crippen LogP contribution in [-0.4, -0.2) is 37.1 Å². The van der Waals surface area contributed by atoms with Crippen molar-refractivity contribution >= 4 is 23.3 Å². The van der Waals surface area contributed by atoms with Gasteiger partial charge in [0.05, 0.1) is 11.6 Å². The van der Waals surface area contributed by atoms with Crippen LogP contribution in [-0.2, 0) is 6.54 Å². The van der Waals surface area contributed by atoms with Gasteiger partial charge in [0.15, 0.2) is 0 Å². The summed E-state index contributed by atoms with van der Waals surface area (Å²) in [7, 11) is 0. The van der Waals surface area contributed by atoms with Gasteiger partial charge >= 0.3 is 6.03 Å². The first kappa shape index (κ1) is 17.1. The molecule has 25 heavy (non-hydrogen) atoms. The highest BCUT2D eigenvalue weighted by Gasteiger charge is 2.21. The number of urea groups is 1. The number of rotatable bonds is 3. The van der Waals surface area contributed by atoms with E-state index in [-0.39, 0.29) is 6.03 Å². The van der Waals surface area contributed by atoms with E-state index in [1.807, 2.05) is 41.3 Å². The molecule has 0 atom stereocenters. The third kappa shape index (κ3) is 4.43. The quantitative estimate of drug-likeness (QED) is 0.920. The van der Waals surface area contributed by atoms with Crippen molar-refractivity contribution in [1.29, 1.82) is 5.26 Å². The molecular formula is C19H19ClN4O. The lowest BCUT2D eigenvalue weighted by Crippen LogP contribution is -2.51. The second-order valence-electron chi connectivity index (χ2n) is 5.92. The second-order valence-corrected chi connectivity index (χ2v) is 6.36. The Labute approximate surface area is 152 Å². The summed E-state index contributed by atoms with van der Waals surface area (Å²) in [6, 6.07) is 17.0. The number of amides is 2. The molecule has 128 valence electrons. The average molecular weight is 355 g/mol. The van der Waals surface area contributed by atoms with Gasteiger partial charge in [-0.1, -0.05) is 29.8 Å². The van der Waals surface area contributed by atoms with E-state index in [0.717, 1.165) is 29.4 Å². The summed E-state index contributed by atoms with van der Waals surface area (Å²) in [5.41, 5.74) is 2.68. The number of hydrogen-bond donors (Lipinski definition) is 1. The molecule has 1 aliphatic rings. The largest absolute Gasteiger partial charge is 0.368 e.